The number of rotatable bonds is 2. The first kappa shape index (κ1) is 11.7. The predicted molar refractivity (Wildman–Crippen MR) is 69.6 cm³/mol. The molecule has 6 nitrogen and oxygen atoms in total. The monoisotopic (exact) mass is 277 g/mol. The molecule has 0 spiro atoms. The Bertz CT molecular complexity index is 866. The number of hydrogen-bond donors (Lipinski definition) is 1. The first-order valence-corrected chi connectivity index (χ1v) is 5.84. The van der Waals surface area contributed by atoms with E-state index in [9.17, 15) is 9.59 Å². The first-order chi connectivity index (χ1) is 9.08. The van der Waals surface area contributed by atoms with Gasteiger partial charge in [-0.15, -0.1) is 5.10 Å². The molecule has 7 heteroatoms. The summed E-state index contributed by atoms with van der Waals surface area (Å²) in [7, 11) is 0. The van der Waals surface area contributed by atoms with E-state index in [1.54, 1.807) is 6.07 Å². The molecule has 0 unspecified atom stereocenters. The second-order valence-corrected chi connectivity index (χ2v) is 4.39. The molecular weight excluding hydrogens is 270 g/mol. The fraction of sp³-hybridized carbons (Fsp3) is 0.0833. The van der Waals surface area contributed by atoms with Crippen LogP contribution in [0.15, 0.2) is 35.1 Å². The molecule has 1 aromatic carbocycles. The smallest absolute Gasteiger partial charge is 0.325 e. The van der Waals surface area contributed by atoms with Crippen LogP contribution < -0.4 is 5.56 Å². The second kappa shape index (κ2) is 4.10. The summed E-state index contributed by atoms with van der Waals surface area (Å²) in [4.78, 5) is 22.8. The number of carboxylic acids is 1. The Balaban J connectivity index is 2.43. The fourth-order valence-corrected chi connectivity index (χ4v) is 2.34. The minimum absolute atomic E-state index is 0.0528. The summed E-state index contributed by atoms with van der Waals surface area (Å²) in [5, 5.41) is 13.5. The van der Waals surface area contributed by atoms with E-state index in [0.29, 0.717) is 5.52 Å². The maximum atomic E-state index is 12.1. The average molecular weight is 278 g/mol. The van der Waals surface area contributed by atoms with Crippen molar-refractivity contribution in [1.29, 1.82) is 0 Å². The van der Waals surface area contributed by atoms with Crippen molar-refractivity contribution in [2.45, 2.75) is 6.54 Å². The maximum Gasteiger partial charge on any atom is 0.325 e. The van der Waals surface area contributed by atoms with Gasteiger partial charge in [0.05, 0.1) is 5.52 Å². The average Bonchev–Trinajstić information content (AvgIpc) is 2.75. The van der Waals surface area contributed by atoms with Gasteiger partial charge in [-0.25, -0.2) is 4.68 Å². The zero-order valence-electron chi connectivity index (χ0n) is 9.58. The topological polar surface area (TPSA) is 76.6 Å². The molecule has 0 amide bonds. The van der Waals surface area contributed by atoms with Crippen LogP contribution in [0.25, 0.3) is 16.4 Å². The number of para-hydroxylation sites is 1. The van der Waals surface area contributed by atoms with Gasteiger partial charge in [-0.3, -0.25) is 14.0 Å². The highest BCUT2D eigenvalue weighted by molar-refractivity contribution is 6.29. The third-order valence-corrected chi connectivity index (χ3v) is 3.08. The molecule has 0 aliphatic carbocycles. The van der Waals surface area contributed by atoms with Crippen molar-refractivity contribution in [2.75, 3.05) is 0 Å². The van der Waals surface area contributed by atoms with Crippen LogP contribution >= 0.6 is 11.6 Å². The highest BCUT2D eigenvalue weighted by Gasteiger charge is 2.14. The normalized spacial score (nSPS) is 11.2. The standard InChI is InChI=1S/C12H8ClN3O3/c13-12-14-15(6-10(17)18)11(19)9-5-7-3-1-2-4-8(7)16(9)12/h1-5H,6H2,(H,17,18). The third-order valence-electron chi connectivity index (χ3n) is 2.84. The molecule has 0 saturated heterocycles. The molecule has 0 bridgehead atoms. The number of carbonyl (C=O) groups is 1. The number of aliphatic carboxylic acids is 1. The molecule has 0 aliphatic heterocycles. The summed E-state index contributed by atoms with van der Waals surface area (Å²) in [6.07, 6.45) is 0. The lowest BCUT2D eigenvalue weighted by atomic mass is 10.2. The quantitative estimate of drug-likeness (QED) is 0.768. The highest BCUT2D eigenvalue weighted by Crippen LogP contribution is 2.20. The van der Waals surface area contributed by atoms with Gasteiger partial charge in [0.2, 0.25) is 5.28 Å². The summed E-state index contributed by atoms with van der Waals surface area (Å²) in [5.74, 6) is -1.15. The van der Waals surface area contributed by atoms with Crippen LogP contribution in [0.1, 0.15) is 0 Å². The highest BCUT2D eigenvalue weighted by atomic mass is 35.5. The zero-order valence-corrected chi connectivity index (χ0v) is 10.3. The number of benzene rings is 1. The van der Waals surface area contributed by atoms with Gasteiger partial charge in [0.15, 0.2) is 0 Å². The zero-order chi connectivity index (χ0) is 13.6. The first-order valence-electron chi connectivity index (χ1n) is 5.46. The molecule has 0 aliphatic rings. The van der Waals surface area contributed by atoms with E-state index in [1.165, 1.54) is 4.40 Å². The summed E-state index contributed by atoms with van der Waals surface area (Å²) in [6, 6.07) is 9.01. The Kier molecular flexibility index (Phi) is 2.53. The van der Waals surface area contributed by atoms with Crippen LogP contribution in [0.4, 0.5) is 0 Å². The molecular formula is C12H8ClN3O3. The van der Waals surface area contributed by atoms with Crippen molar-refractivity contribution < 1.29 is 9.90 Å². The van der Waals surface area contributed by atoms with E-state index in [1.807, 2.05) is 24.3 Å². The Hall–Kier alpha value is -2.34. The number of hydrogen-bond acceptors (Lipinski definition) is 3. The van der Waals surface area contributed by atoms with Gasteiger partial charge >= 0.3 is 5.97 Å². The van der Waals surface area contributed by atoms with Crippen molar-refractivity contribution >= 4 is 34.0 Å². The summed E-state index contributed by atoms with van der Waals surface area (Å²) in [5.41, 5.74) is 0.583. The Morgan fingerprint density at radius 2 is 2.05 bits per heavy atom. The molecule has 2 heterocycles. The van der Waals surface area contributed by atoms with Gasteiger partial charge in [-0.05, 0) is 23.7 Å². The van der Waals surface area contributed by atoms with Gasteiger partial charge in [-0.1, -0.05) is 18.2 Å². The number of carboxylic acid groups (broad SMARTS) is 1. The van der Waals surface area contributed by atoms with Crippen LogP contribution in [0.3, 0.4) is 0 Å². The molecule has 1 N–H and O–H groups in total. The lowest BCUT2D eigenvalue weighted by Crippen LogP contribution is -2.28. The third kappa shape index (κ3) is 1.77. The molecule has 19 heavy (non-hydrogen) atoms. The van der Waals surface area contributed by atoms with E-state index in [2.05, 4.69) is 5.10 Å². The molecule has 3 rings (SSSR count). The van der Waals surface area contributed by atoms with E-state index < -0.39 is 18.1 Å². The van der Waals surface area contributed by atoms with Crippen molar-refractivity contribution in [2.24, 2.45) is 0 Å². The molecule has 0 fully saturated rings. The van der Waals surface area contributed by atoms with Gasteiger partial charge in [0.1, 0.15) is 12.1 Å². The number of fused-ring (bicyclic) bond motifs is 3. The molecule has 0 atom stereocenters. The van der Waals surface area contributed by atoms with Crippen LogP contribution in [-0.2, 0) is 11.3 Å². The van der Waals surface area contributed by atoms with Gasteiger partial charge in [0.25, 0.3) is 5.56 Å². The van der Waals surface area contributed by atoms with Gasteiger partial charge < -0.3 is 5.11 Å². The minimum Gasteiger partial charge on any atom is -0.480 e. The van der Waals surface area contributed by atoms with Crippen molar-refractivity contribution in [3.05, 3.63) is 46.0 Å². The second-order valence-electron chi connectivity index (χ2n) is 4.05. The number of halogens is 1. The van der Waals surface area contributed by atoms with E-state index in [0.717, 1.165) is 15.6 Å². The Labute approximate surface area is 111 Å². The SMILES string of the molecule is O=C(O)Cn1nc(Cl)n2c(cc3ccccc32)c1=O. The molecule has 0 saturated carbocycles. The molecule has 3 aromatic rings. The number of aromatic nitrogens is 3. The van der Waals surface area contributed by atoms with Crippen LogP contribution in [-0.4, -0.2) is 25.3 Å². The van der Waals surface area contributed by atoms with Crippen molar-refractivity contribution in [3.63, 3.8) is 0 Å². The van der Waals surface area contributed by atoms with Crippen LogP contribution in [0, 0.1) is 0 Å². The summed E-state index contributed by atoms with van der Waals surface area (Å²) < 4.78 is 2.36. The van der Waals surface area contributed by atoms with Gasteiger partial charge in [0, 0.05) is 5.39 Å². The lowest BCUT2D eigenvalue weighted by Gasteiger charge is -2.04. The summed E-state index contributed by atoms with van der Waals surface area (Å²) in [6.45, 7) is -0.517. The minimum atomic E-state index is -1.15. The van der Waals surface area contributed by atoms with Crippen molar-refractivity contribution in [1.82, 2.24) is 14.2 Å². The predicted octanol–water partition coefficient (Wildman–Crippen LogP) is 1.39. The Morgan fingerprint density at radius 3 is 2.79 bits per heavy atom. The van der Waals surface area contributed by atoms with E-state index in [-0.39, 0.29) is 5.28 Å². The number of nitrogens with zero attached hydrogens (tertiary/aromatic N) is 3. The fourth-order valence-electron chi connectivity index (χ4n) is 2.07. The Morgan fingerprint density at radius 1 is 1.32 bits per heavy atom. The van der Waals surface area contributed by atoms with Crippen LogP contribution in [0.5, 0.6) is 0 Å². The maximum absolute atomic E-state index is 12.1. The van der Waals surface area contributed by atoms with Crippen molar-refractivity contribution in [3.8, 4) is 0 Å². The summed E-state index contributed by atoms with van der Waals surface area (Å²) >= 11 is 6.04. The molecule has 0 radical (unpaired) electrons. The van der Waals surface area contributed by atoms with E-state index >= 15 is 0 Å². The largest absolute Gasteiger partial charge is 0.480 e. The van der Waals surface area contributed by atoms with Gasteiger partial charge in [-0.2, -0.15) is 0 Å². The van der Waals surface area contributed by atoms with E-state index in [4.69, 9.17) is 16.7 Å². The lowest BCUT2D eigenvalue weighted by molar-refractivity contribution is -0.138. The molecule has 2 aromatic heterocycles. The van der Waals surface area contributed by atoms with Crippen LogP contribution in [0.2, 0.25) is 5.28 Å². The molecule has 96 valence electrons.